The van der Waals surface area contributed by atoms with Crippen molar-refractivity contribution in [2.45, 2.75) is 46.6 Å². The number of nitrogens with zero attached hydrogens (tertiary/aromatic N) is 3. The van der Waals surface area contributed by atoms with Crippen molar-refractivity contribution in [3.63, 3.8) is 0 Å². The Hall–Kier alpha value is -1.65. The van der Waals surface area contributed by atoms with Crippen LogP contribution in [0, 0.1) is 25.2 Å². The van der Waals surface area contributed by atoms with Crippen molar-refractivity contribution < 1.29 is 0 Å². The first-order valence-corrected chi connectivity index (χ1v) is 6.86. The second-order valence-corrected chi connectivity index (χ2v) is 5.71. The zero-order valence-corrected chi connectivity index (χ0v) is 12.2. The summed E-state index contributed by atoms with van der Waals surface area (Å²) in [5, 5.41) is 16.4. The number of aryl methyl sites for hydroxylation is 1. The molecule has 3 N–H and O–H groups in total. The molecule has 0 aromatic carbocycles. The van der Waals surface area contributed by atoms with E-state index in [2.05, 4.69) is 28.9 Å². The number of anilines is 1. The maximum absolute atomic E-state index is 7.83. The fraction of sp³-hybridized carbons (Fsp3) is 0.643. The summed E-state index contributed by atoms with van der Waals surface area (Å²) < 4.78 is 0. The lowest BCUT2D eigenvalue weighted by molar-refractivity contribution is 0.387. The van der Waals surface area contributed by atoms with Crippen molar-refractivity contribution >= 4 is 11.7 Å². The van der Waals surface area contributed by atoms with E-state index in [-0.39, 0.29) is 5.84 Å². The number of nitrogens with two attached hydrogens (primary N) is 1. The predicted molar refractivity (Wildman–Crippen MR) is 77.7 cm³/mol. The SMILES string of the molecule is Cc1nnc(N2CC(C)CCC2C)c(C(=N)N)c1C. The minimum Gasteiger partial charge on any atom is -0.384 e. The van der Waals surface area contributed by atoms with Crippen LogP contribution in [0.15, 0.2) is 0 Å². The number of hydrogen-bond donors (Lipinski definition) is 2. The van der Waals surface area contributed by atoms with Crippen LogP contribution in [0.4, 0.5) is 5.82 Å². The van der Waals surface area contributed by atoms with Gasteiger partial charge in [-0.3, -0.25) is 5.41 Å². The van der Waals surface area contributed by atoms with E-state index in [0.717, 1.165) is 35.6 Å². The molecular weight excluding hydrogens is 238 g/mol. The van der Waals surface area contributed by atoms with E-state index in [1.54, 1.807) is 0 Å². The number of hydrogen-bond acceptors (Lipinski definition) is 4. The first-order valence-electron chi connectivity index (χ1n) is 6.86. The van der Waals surface area contributed by atoms with E-state index in [9.17, 15) is 0 Å². The van der Waals surface area contributed by atoms with E-state index in [1.165, 1.54) is 6.42 Å². The average molecular weight is 261 g/mol. The molecule has 2 heterocycles. The van der Waals surface area contributed by atoms with Crippen LogP contribution >= 0.6 is 0 Å². The van der Waals surface area contributed by atoms with Gasteiger partial charge < -0.3 is 10.6 Å². The fourth-order valence-corrected chi connectivity index (χ4v) is 2.70. The lowest BCUT2D eigenvalue weighted by Crippen LogP contribution is -2.43. The summed E-state index contributed by atoms with van der Waals surface area (Å²) in [4.78, 5) is 2.25. The van der Waals surface area contributed by atoms with E-state index >= 15 is 0 Å². The highest BCUT2D eigenvalue weighted by atomic mass is 15.3. The van der Waals surface area contributed by atoms with Gasteiger partial charge in [-0.1, -0.05) is 6.92 Å². The molecule has 0 bridgehead atoms. The molecule has 1 fully saturated rings. The maximum atomic E-state index is 7.83. The Morgan fingerprint density at radius 1 is 1.26 bits per heavy atom. The van der Waals surface area contributed by atoms with Crippen LogP contribution in [0.2, 0.25) is 0 Å². The molecule has 1 aromatic rings. The van der Waals surface area contributed by atoms with Crippen LogP contribution < -0.4 is 10.6 Å². The molecule has 5 heteroatoms. The maximum Gasteiger partial charge on any atom is 0.162 e. The van der Waals surface area contributed by atoms with Gasteiger partial charge in [0.15, 0.2) is 5.82 Å². The molecule has 2 atom stereocenters. The van der Waals surface area contributed by atoms with E-state index in [0.29, 0.717) is 12.0 Å². The first kappa shape index (κ1) is 13.8. The Morgan fingerprint density at radius 2 is 1.95 bits per heavy atom. The largest absolute Gasteiger partial charge is 0.384 e. The summed E-state index contributed by atoms with van der Waals surface area (Å²) in [6, 6.07) is 0.422. The van der Waals surface area contributed by atoms with Crippen molar-refractivity contribution in [2.24, 2.45) is 11.7 Å². The molecule has 1 aliphatic heterocycles. The van der Waals surface area contributed by atoms with Gasteiger partial charge in [0.05, 0.1) is 11.3 Å². The van der Waals surface area contributed by atoms with Crippen molar-refractivity contribution in [2.75, 3.05) is 11.4 Å². The Balaban J connectivity index is 2.49. The van der Waals surface area contributed by atoms with Gasteiger partial charge >= 0.3 is 0 Å². The molecule has 0 aliphatic carbocycles. The summed E-state index contributed by atoms with van der Waals surface area (Å²) in [6.07, 6.45) is 2.39. The third-order valence-electron chi connectivity index (χ3n) is 4.10. The Bertz CT molecular complexity index is 497. The standard InChI is InChI=1S/C14H23N5/c1-8-5-6-9(2)19(7-8)14-12(13(15)16)10(3)11(4)17-18-14/h8-9H,5-7H2,1-4H3,(H3,15,16). The minimum atomic E-state index is 0.0796. The van der Waals surface area contributed by atoms with Crippen molar-refractivity contribution in [1.82, 2.24) is 10.2 Å². The molecule has 1 aliphatic rings. The van der Waals surface area contributed by atoms with E-state index < -0.39 is 0 Å². The zero-order valence-electron chi connectivity index (χ0n) is 12.2. The van der Waals surface area contributed by atoms with Crippen LogP contribution in [-0.4, -0.2) is 28.6 Å². The Labute approximate surface area is 114 Å². The number of nitrogens with one attached hydrogen (secondary N) is 1. The lowest BCUT2D eigenvalue weighted by atomic mass is 9.94. The molecule has 1 saturated heterocycles. The van der Waals surface area contributed by atoms with E-state index in [4.69, 9.17) is 11.1 Å². The van der Waals surface area contributed by atoms with Crippen molar-refractivity contribution in [3.8, 4) is 0 Å². The highest BCUT2D eigenvalue weighted by Crippen LogP contribution is 2.29. The summed E-state index contributed by atoms with van der Waals surface area (Å²) >= 11 is 0. The number of piperidine rings is 1. The monoisotopic (exact) mass is 261 g/mol. The van der Waals surface area contributed by atoms with Crippen LogP contribution in [-0.2, 0) is 0 Å². The van der Waals surface area contributed by atoms with Gasteiger partial charge in [0, 0.05) is 12.6 Å². The number of nitrogen functional groups attached to an aromatic ring is 1. The minimum absolute atomic E-state index is 0.0796. The zero-order chi connectivity index (χ0) is 14.2. The number of rotatable bonds is 2. The van der Waals surface area contributed by atoms with Gasteiger partial charge in [-0.05, 0) is 45.1 Å². The second kappa shape index (κ2) is 5.15. The molecule has 5 nitrogen and oxygen atoms in total. The highest BCUT2D eigenvalue weighted by Gasteiger charge is 2.28. The molecule has 2 unspecified atom stereocenters. The van der Waals surface area contributed by atoms with Gasteiger partial charge in [0.25, 0.3) is 0 Å². The fourth-order valence-electron chi connectivity index (χ4n) is 2.70. The summed E-state index contributed by atoms with van der Waals surface area (Å²) in [7, 11) is 0. The number of amidine groups is 1. The molecule has 19 heavy (non-hydrogen) atoms. The third-order valence-corrected chi connectivity index (χ3v) is 4.10. The third kappa shape index (κ3) is 2.55. The smallest absolute Gasteiger partial charge is 0.162 e. The molecule has 0 amide bonds. The van der Waals surface area contributed by atoms with Gasteiger partial charge in [0.1, 0.15) is 5.84 Å². The predicted octanol–water partition coefficient (Wildman–Crippen LogP) is 2.00. The lowest BCUT2D eigenvalue weighted by Gasteiger charge is -2.38. The van der Waals surface area contributed by atoms with Gasteiger partial charge in [-0.2, -0.15) is 5.10 Å². The normalized spacial score (nSPS) is 23.5. The van der Waals surface area contributed by atoms with E-state index in [1.807, 2.05) is 13.8 Å². The van der Waals surface area contributed by atoms with Gasteiger partial charge in [0.2, 0.25) is 0 Å². The molecular formula is C14H23N5. The topological polar surface area (TPSA) is 78.9 Å². The van der Waals surface area contributed by atoms with Crippen LogP contribution in [0.5, 0.6) is 0 Å². The van der Waals surface area contributed by atoms with Crippen LogP contribution in [0.25, 0.3) is 0 Å². The average Bonchev–Trinajstić information content (AvgIpc) is 2.35. The first-order chi connectivity index (χ1) is 8.91. The molecule has 0 saturated carbocycles. The Kier molecular flexibility index (Phi) is 3.73. The number of aromatic nitrogens is 2. The van der Waals surface area contributed by atoms with Crippen molar-refractivity contribution in [1.29, 1.82) is 5.41 Å². The second-order valence-electron chi connectivity index (χ2n) is 5.71. The van der Waals surface area contributed by atoms with Crippen LogP contribution in [0.1, 0.15) is 43.5 Å². The van der Waals surface area contributed by atoms with Gasteiger partial charge in [-0.25, -0.2) is 0 Å². The summed E-state index contributed by atoms with van der Waals surface area (Å²) in [5.41, 5.74) is 8.30. The highest BCUT2D eigenvalue weighted by molar-refractivity contribution is 6.01. The molecule has 104 valence electrons. The molecule has 0 radical (unpaired) electrons. The van der Waals surface area contributed by atoms with Crippen LogP contribution in [0.3, 0.4) is 0 Å². The molecule has 1 aromatic heterocycles. The quantitative estimate of drug-likeness (QED) is 0.630. The summed E-state index contributed by atoms with van der Waals surface area (Å²) in [6.45, 7) is 9.27. The summed E-state index contributed by atoms with van der Waals surface area (Å²) in [5.74, 6) is 1.49. The Morgan fingerprint density at radius 3 is 2.58 bits per heavy atom. The van der Waals surface area contributed by atoms with Crippen molar-refractivity contribution in [3.05, 3.63) is 16.8 Å². The van der Waals surface area contributed by atoms with Gasteiger partial charge in [-0.15, -0.1) is 5.10 Å². The molecule has 2 rings (SSSR count). The molecule has 0 spiro atoms.